The fourth-order valence-electron chi connectivity index (χ4n) is 0.880. The molecular weight excluding hydrogens is 158 g/mol. The van der Waals surface area contributed by atoms with E-state index in [1.807, 2.05) is 0 Å². The van der Waals surface area contributed by atoms with E-state index in [1.54, 1.807) is 6.92 Å². The number of benzene rings is 1. The molecule has 0 amide bonds. The van der Waals surface area contributed by atoms with E-state index in [0.29, 0.717) is 11.3 Å². The third-order valence-electron chi connectivity index (χ3n) is 1.52. The van der Waals surface area contributed by atoms with Gasteiger partial charge in [0.25, 0.3) is 0 Å². The van der Waals surface area contributed by atoms with Crippen LogP contribution in [0.15, 0.2) is 23.4 Å². The molecule has 0 aromatic heterocycles. The lowest BCUT2D eigenvalue weighted by molar-refractivity contribution is 0.318. The van der Waals surface area contributed by atoms with Crippen LogP contribution in [0, 0.1) is 0 Å². The van der Waals surface area contributed by atoms with Crippen LogP contribution in [0.1, 0.15) is 12.5 Å². The van der Waals surface area contributed by atoms with E-state index in [4.69, 9.17) is 10.3 Å². The second-order valence-electron chi connectivity index (χ2n) is 2.39. The van der Waals surface area contributed by atoms with Gasteiger partial charge in [0.2, 0.25) is 0 Å². The Morgan fingerprint density at radius 3 is 2.50 bits per heavy atom. The van der Waals surface area contributed by atoms with Crippen LogP contribution < -0.4 is 0 Å². The zero-order chi connectivity index (χ0) is 9.14. The van der Waals surface area contributed by atoms with Crippen LogP contribution in [0.5, 0.6) is 11.5 Å². The van der Waals surface area contributed by atoms with Crippen molar-refractivity contribution in [3.8, 4) is 11.5 Å². The van der Waals surface area contributed by atoms with Crippen molar-refractivity contribution >= 4 is 5.71 Å². The second kappa shape index (κ2) is 3.13. The minimum Gasteiger partial charge on any atom is -0.508 e. The van der Waals surface area contributed by atoms with E-state index in [9.17, 15) is 5.11 Å². The topological polar surface area (TPSA) is 73.1 Å². The van der Waals surface area contributed by atoms with Crippen molar-refractivity contribution in [3.05, 3.63) is 23.8 Å². The zero-order valence-electron chi connectivity index (χ0n) is 6.52. The molecule has 1 rings (SSSR count). The van der Waals surface area contributed by atoms with E-state index in [-0.39, 0.29) is 11.5 Å². The van der Waals surface area contributed by atoms with Gasteiger partial charge >= 0.3 is 0 Å². The standard InChI is InChI=1S/C8H9NO3/c1-5(9-12)7-3-2-6(10)4-8(7)11/h2-4,10-12H,1H3. The lowest BCUT2D eigenvalue weighted by Crippen LogP contribution is -1.94. The van der Waals surface area contributed by atoms with Crippen LogP contribution in [-0.4, -0.2) is 21.1 Å². The Kier molecular flexibility index (Phi) is 2.19. The van der Waals surface area contributed by atoms with Gasteiger partial charge in [-0.05, 0) is 19.1 Å². The summed E-state index contributed by atoms with van der Waals surface area (Å²) in [5, 5.41) is 29.5. The molecule has 3 N–H and O–H groups in total. The maximum Gasteiger partial charge on any atom is 0.128 e. The lowest BCUT2D eigenvalue weighted by Gasteiger charge is -2.01. The van der Waals surface area contributed by atoms with Gasteiger partial charge in [-0.2, -0.15) is 0 Å². The van der Waals surface area contributed by atoms with E-state index in [0.717, 1.165) is 0 Å². The number of rotatable bonds is 1. The highest BCUT2D eigenvalue weighted by Gasteiger charge is 2.04. The SMILES string of the molecule is CC(=NO)c1ccc(O)cc1O. The molecule has 0 aliphatic carbocycles. The summed E-state index contributed by atoms with van der Waals surface area (Å²) >= 11 is 0. The third kappa shape index (κ3) is 1.47. The summed E-state index contributed by atoms with van der Waals surface area (Å²) in [7, 11) is 0. The van der Waals surface area contributed by atoms with Gasteiger partial charge in [0.15, 0.2) is 0 Å². The van der Waals surface area contributed by atoms with Crippen LogP contribution >= 0.6 is 0 Å². The minimum atomic E-state index is -0.106. The highest BCUT2D eigenvalue weighted by atomic mass is 16.4. The predicted molar refractivity (Wildman–Crippen MR) is 43.8 cm³/mol. The van der Waals surface area contributed by atoms with E-state index < -0.39 is 0 Å². The summed E-state index contributed by atoms with van der Waals surface area (Å²) in [6.45, 7) is 1.55. The molecule has 0 spiro atoms. The van der Waals surface area contributed by atoms with Gasteiger partial charge in [0.05, 0.1) is 5.71 Å². The van der Waals surface area contributed by atoms with Gasteiger partial charge in [-0.3, -0.25) is 0 Å². The monoisotopic (exact) mass is 167 g/mol. The van der Waals surface area contributed by atoms with Gasteiger partial charge in [0, 0.05) is 11.6 Å². The average Bonchev–Trinajstić information content (AvgIpc) is 2.03. The number of aromatic hydroxyl groups is 2. The van der Waals surface area contributed by atoms with Crippen molar-refractivity contribution in [1.82, 2.24) is 0 Å². The maximum atomic E-state index is 9.24. The molecular formula is C8H9NO3. The van der Waals surface area contributed by atoms with Crippen molar-refractivity contribution < 1.29 is 15.4 Å². The molecule has 0 aliphatic rings. The van der Waals surface area contributed by atoms with Crippen molar-refractivity contribution in [3.63, 3.8) is 0 Å². The summed E-state index contributed by atoms with van der Waals surface area (Å²) in [5.74, 6) is -0.132. The molecule has 4 nitrogen and oxygen atoms in total. The van der Waals surface area contributed by atoms with E-state index in [1.165, 1.54) is 18.2 Å². The summed E-state index contributed by atoms with van der Waals surface area (Å²) < 4.78 is 0. The molecule has 4 heteroatoms. The first-order valence-electron chi connectivity index (χ1n) is 3.36. The second-order valence-corrected chi connectivity index (χ2v) is 2.39. The Morgan fingerprint density at radius 2 is 2.00 bits per heavy atom. The van der Waals surface area contributed by atoms with Crippen molar-refractivity contribution in [1.29, 1.82) is 0 Å². The number of nitrogens with zero attached hydrogens (tertiary/aromatic N) is 1. The Balaban J connectivity index is 3.18. The van der Waals surface area contributed by atoms with Crippen molar-refractivity contribution in [2.45, 2.75) is 6.92 Å². The van der Waals surface area contributed by atoms with Crippen molar-refractivity contribution in [2.75, 3.05) is 0 Å². The maximum absolute atomic E-state index is 9.24. The van der Waals surface area contributed by atoms with Gasteiger partial charge in [-0.1, -0.05) is 5.16 Å². The summed E-state index contributed by atoms with van der Waals surface area (Å²) in [4.78, 5) is 0. The highest BCUT2D eigenvalue weighted by Crippen LogP contribution is 2.22. The molecule has 0 heterocycles. The summed E-state index contributed by atoms with van der Waals surface area (Å²) in [6, 6.07) is 4.06. The molecule has 12 heavy (non-hydrogen) atoms. The normalized spacial score (nSPS) is 11.6. The first-order chi connectivity index (χ1) is 5.65. The summed E-state index contributed by atoms with van der Waals surface area (Å²) in [6.07, 6.45) is 0. The van der Waals surface area contributed by atoms with Crippen molar-refractivity contribution in [2.24, 2.45) is 5.16 Å². The van der Waals surface area contributed by atoms with Crippen LogP contribution in [0.4, 0.5) is 0 Å². The van der Waals surface area contributed by atoms with Crippen LogP contribution in [0.2, 0.25) is 0 Å². The Bertz CT molecular complexity index is 320. The molecule has 0 bridgehead atoms. The highest BCUT2D eigenvalue weighted by molar-refractivity contribution is 6.00. The number of phenols is 2. The van der Waals surface area contributed by atoms with Crippen LogP contribution in [0.25, 0.3) is 0 Å². The Labute approximate surface area is 69.4 Å². The Hall–Kier alpha value is -1.71. The first-order valence-corrected chi connectivity index (χ1v) is 3.36. The van der Waals surface area contributed by atoms with E-state index in [2.05, 4.69) is 5.16 Å². The van der Waals surface area contributed by atoms with Gasteiger partial charge in [-0.25, -0.2) is 0 Å². The molecule has 1 aromatic carbocycles. The van der Waals surface area contributed by atoms with Gasteiger partial charge in [0.1, 0.15) is 11.5 Å². The number of oxime groups is 1. The number of hydrogen-bond donors (Lipinski definition) is 3. The largest absolute Gasteiger partial charge is 0.508 e. The zero-order valence-corrected chi connectivity index (χ0v) is 6.52. The first kappa shape index (κ1) is 8.39. The predicted octanol–water partition coefficient (Wildman–Crippen LogP) is 1.30. The number of phenolic OH excluding ortho intramolecular Hbond substituents is 2. The third-order valence-corrected chi connectivity index (χ3v) is 1.52. The molecule has 0 unspecified atom stereocenters. The molecule has 1 aromatic rings. The van der Waals surface area contributed by atoms with E-state index >= 15 is 0 Å². The van der Waals surface area contributed by atoms with Crippen LogP contribution in [-0.2, 0) is 0 Å². The molecule has 0 fully saturated rings. The van der Waals surface area contributed by atoms with Crippen LogP contribution in [0.3, 0.4) is 0 Å². The number of hydrogen-bond acceptors (Lipinski definition) is 4. The molecule has 0 saturated heterocycles. The molecule has 0 aliphatic heterocycles. The fourth-order valence-corrected chi connectivity index (χ4v) is 0.880. The average molecular weight is 167 g/mol. The summed E-state index contributed by atoms with van der Waals surface area (Å²) in [5.41, 5.74) is 0.697. The van der Waals surface area contributed by atoms with Gasteiger partial charge in [-0.15, -0.1) is 0 Å². The molecule has 64 valence electrons. The smallest absolute Gasteiger partial charge is 0.128 e. The molecule has 0 radical (unpaired) electrons. The fraction of sp³-hybridized carbons (Fsp3) is 0.125. The van der Waals surface area contributed by atoms with Gasteiger partial charge < -0.3 is 15.4 Å². The molecule has 0 atom stereocenters. The minimum absolute atomic E-state index is 0.0259. The quantitative estimate of drug-likeness (QED) is 0.335. The Morgan fingerprint density at radius 1 is 1.33 bits per heavy atom. The molecule has 0 saturated carbocycles. The lowest BCUT2D eigenvalue weighted by atomic mass is 10.1.